The van der Waals surface area contributed by atoms with Crippen LogP contribution in [-0.2, 0) is 4.79 Å². The predicted octanol–water partition coefficient (Wildman–Crippen LogP) is 1.44. The van der Waals surface area contributed by atoms with Crippen LogP contribution in [0.5, 0.6) is 0 Å². The highest BCUT2D eigenvalue weighted by atomic mass is 35.5. The highest BCUT2D eigenvalue weighted by Crippen LogP contribution is 2.22. The van der Waals surface area contributed by atoms with E-state index in [1.54, 1.807) is 24.9 Å². The average molecular weight is 329 g/mol. The monoisotopic (exact) mass is 328 g/mol. The Morgan fingerprint density at radius 1 is 1.36 bits per heavy atom. The SMILES string of the molecule is CC(NC(=O)CN(C)CC(C)(CO)CO)c1ccccc1Cl. The molecule has 3 N–H and O–H groups in total. The Kier molecular flexibility index (Phi) is 7.29. The number of likely N-dealkylation sites (N-methyl/N-ethyl adjacent to an activating group) is 1. The van der Waals surface area contributed by atoms with Gasteiger partial charge in [-0.05, 0) is 25.6 Å². The summed E-state index contributed by atoms with van der Waals surface area (Å²) in [6, 6.07) is 7.21. The number of nitrogens with one attached hydrogen (secondary N) is 1. The Morgan fingerprint density at radius 3 is 2.50 bits per heavy atom. The van der Waals surface area contributed by atoms with E-state index in [0.717, 1.165) is 5.56 Å². The van der Waals surface area contributed by atoms with Crippen LogP contribution in [0.4, 0.5) is 0 Å². The largest absolute Gasteiger partial charge is 0.396 e. The highest BCUT2D eigenvalue weighted by Gasteiger charge is 2.25. The van der Waals surface area contributed by atoms with Crippen molar-refractivity contribution in [1.29, 1.82) is 0 Å². The number of nitrogens with zero attached hydrogens (tertiary/aromatic N) is 1. The number of carbonyl (C=O) groups excluding carboxylic acids is 1. The number of aliphatic hydroxyl groups excluding tert-OH is 2. The average Bonchev–Trinajstić information content (AvgIpc) is 2.46. The molecule has 1 rings (SSSR count). The van der Waals surface area contributed by atoms with E-state index in [4.69, 9.17) is 11.6 Å². The van der Waals surface area contributed by atoms with Gasteiger partial charge < -0.3 is 15.5 Å². The topological polar surface area (TPSA) is 72.8 Å². The molecule has 0 aromatic heterocycles. The van der Waals surface area contributed by atoms with Crippen molar-refractivity contribution in [2.75, 3.05) is 33.4 Å². The molecular formula is C16H25ClN2O3. The van der Waals surface area contributed by atoms with Crippen LogP contribution in [0, 0.1) is 5.41 Å². The second-order valence-corrected chi connectivity index (χ2v) is 6.52. The van der Waals surface area contributed by atoms with E-state index in [2.05, 4.69) is 5.32 Å². The van der Waals surface area contributed by atoms with Crippen LogP contribution in [0.25, 0.3) is 0 Å². The lowest BCUT2D eigenvalue weighted by Gasteiger charge is -2.30. The van der Waals surface area contributed by atoms with Gasteiger partial charge in [-0.25, -0.2) is 0 Å². The smallest absolute Gasteiger partial charge is 0.234 e. The lowest BCUT2D eigenvalue weighted by Crippen LogP contribution is -2.43. The molecule has 0 saturated heterocycles. The molecule has 1 aromatic carbocycles. The second kappa shape index (κ2) is 8.48. The number of hydrogen-bond acceptors (Lipinski definition) is 4. The van der Waals surface area contributed by atoms with E-state index >= 15 is 0 Å². The molecule has 0 aliphatic heterocycles. The van der Waals surface area contributed by atoms with E-state index in [1.807, 2.05) is 25.1 Å². The van der Waals surface area contributed by atoms with Gasteiger partial charge in [0.1, 0.15) is 0 Å². The summed E-state index contributed by atoms with van der Waals surface area (Å²) in [4.78, 5) is 13.9. The second-order valence-electron chi connectivity index (χ2n) is 6.11. The minimum absolute atomic E-state index is 0.131. The molecule has 0 heterocycles. The minimum atomic E-state index is -0.622. The van der Waals surface area contributed by atoms with Crippen molar-refractivity contribution in [3.05, 3.63) is 34.9 Å². The third-order valence-corrected chi connectivity index (χ3v) is 3.92. The molecule has 1 atom stereocenters. The van der Waals surface area contributed by atoms with Crippen molar-refractivity contribution >= 4 is 17.5 Å². The van der Waals surface area contributed by atoms with Crippen molar-refractivity contribution < 1.29 is 15.0 Å². The summed E-state index contributed by atoms with van der Waals surface area (Å²) in [6.45, 7) is 3.99. The van der Waals surface area contributed by atoms with E-state index in [-0.39, 0.29) is 31.7 Å². The van der Waals surface area contributed by atoms with Crippen molar-refractivity contribution in [2.45, 2.75) is 19.9 Å². The number of hydrogen-bond donors (Lipinski definition) is 3. The highest BCUT2D eigenvalue weighted by molar-refractivity contribution is 6.31. The molecule has 0 bridgehead atoms. The summed E-state index contributed by atoms with van der Waals surface area (Å²) < 4.78 is 0. The zero-order valence-corrected chi connectivity index (χ0v) is 14.1. The number of rotatable bonds is 8. The van der Waals surface area contributed by atoms with Gasteiger partial charge in [0.15, 0.2) is 0 Å². The summed E-state index contributed by atoms with van der Waals surface area (Å²) in [6.07, 6.45) is 0. The minimum Gasteiger partial charge on any atom is -0.396 e. The molecule has 0 saturated carbocycles. The first-order valence-electron chi connectivity index (χ1n) is 7.25. The summed E-state index contributed by atoms with van der Waals surface area (Å²) in [5.41, 5.74) is 0.249. The van der Waals surface area contributed by atoms with Gasteiger partial charge in [0, 0.05) is 17.0 Å². The maximum Gasteiger partial charge on any atom is 0.234 e. The van der Waals surface area contributed by atoms with Gasteiger partial charge in [0.2, 0.25) is 5.91 Å². The third kappa shape index (κ3) is 5.57. The maximum atomic E-state index is 12.1. The zero-order chi connectivity index (χ0) is 16.8. The number of aliphatic hydroxyl groups is 2. The van der Waals surface area contributed by atoms with Gasteiger partial charge in [-0.3, -0.25) is 9.69 Å². The van der Waals surface area contributed by atoms with E-state index < -0.39 is 5.41 Å². The number of halogens is 1. The quantitative estimate of drug-likeness (QED) is 0.675. The van der Waals surface area contributed by atoms with E-state index in [1.165, 1.54) is 0 Å². The van der Waals surface area contributed by atoms with Gasteiger partial charge in [-0.15, -0.1) is 0 Å². The fraction of sp³-hybridized carbons (Fsp3) is 0.562. The molecule has 1 aromatic rings. The van der Waals surface area contributed by atoms with E-state index in [9.17, 15) is 15.0 Å². The van der Waals surface area contributed by atoms with Gasteiger partial charge in [-0.2, -0.15) is 0 Å². The van der Waals surface area contributed by atoms with Crippen LogP contribution in [-0.4, -0.2) is 54.4 Å². The van der Waals surface area contributed by atoms with E-state index in [0.29, 0.717) is 11.6 Å². The fourth-order valence-corrected chi connectivity index (χ4v) is 2.59. The number of amides is 1. The van der Waals surface area contributed by atoms with Crippen molar-refractivity contribution in [1.82, 2.24) is 10.2 Å². The van der Waals surface area contributed by atoms with Crippen LogP contribution in [0.1, 0.15) is 25.5 Å². The molecule has 0 spiro atoms. The molecule has 1 unspecified atom stereocenters. The van der Waals surface area contributed by atoms with Crippen molar-refractivity contribution in [3.63, 3.8) is 0 Å². The van der Waals surface area contributed by atoms with Crippen molar-refractivity contribution in [3.8, 4) is 0 Å². The molecule has 5 nitrogen and oxygen atoms in total. The molecule has 0 radical (unpaired) electrons. The van der Waals surface area contributed by atoms with Crippen molar-refractivity contribution in [2.24, 2.45) is 5.41 Å². The van der Waals surface area contributed by atoms with Gasteiger partial charge >= 0.3 is 0 Å². The normalized spacial score (nSPS) is 13.2. The van der Waals surface area contributed by atoms with Gasteiger partial charge in [0.05, 0.1) is 25.8 Å². The lowest BCUT2D eigenvalue weighted by atomic mass is 9.92. The summed E-state index contributed by atoms with van der Waals surface area (Å²) in [5.74, 6) is -0.131. The summed E-state index contributed by atoms with van der Waals surface area (Å²) in [5, 5.41) is 22.1. The van der Waals surface area contributed by atoms with Gasteiger partial charge in [-0.1, -0.05) is 36.7 Å². The van der Waals surface area contributed by atoms with Crippen LogP contribution in [0.15, 0.2) is 24.3 Å². The number of carbonyl (C=O) groups is 1. The first kappa shape index (κ1) is 18.9. The lowest BCUT2D eigenvalue weighted by molar-refractivity contribution is -0.123. The Balaban J connectivity index is 2.54. The molecule has 1 amide bonds. The molecule has 0 aliphatic rings. The Labute approximate surface area is 136 Å². The van der Waals surface area contributed by atoms with Crippen LogP contribution < -0.4 is 5.32 Å². The molecule has 22 heavy (non-hydrogen) atoms. The van der Waals surface area contributed by atoms with Crippen LogP contribution >= 0.6 is 11.6 Å². The molecule has 0 aliphatic carbocycles. The molecular weight excluding hydrogens is 304 g/mol. The zero-order valence-electron chi connectivity index (χ0n) is 13.3. The van der Waals surface area contributed by atoms with Crippen LogP contribution in [0.2, 0.25) is 5.02 Å². The molecule has 6 heteroatoms. The first-order chi connectivity index (χ1) is 10.3. The number of benzene rings is 1. The Bertz CT molecular complexity index is 492. The summed E-state index contributed by atoms with van der Waals surface area (Å²) >= 11 is 6.12. The summed E-state index contributed by atoms with van der Waals surface area (Å²) in [7, 11) is 1.78. The fourth-order valence-electron chi connectivity index (χ4n) is 2.29. The Hall–Kier alpha value is -1.14. The molecule has 124 valence electrons. The maximum absolute atomic E-state index is 12.1. The standard InChI is InChI=1S/C16H25ClN2O3/c1-12(13-6-4-5-7-14(13)17)18-15(22)8-19(3)9-16(2,10-20)11-21/h4-7,12,20-21H,8-11H2,1-3H3,(H,18,22). The Morgan fingerprint density at radius 2 is 1.95 bits per heavy atom. The predicted molar refractivity (Wildman–Crippen MR) is 87.8 cm³/mol. The first-order valence-corrected chi connectivity index (χ1v) is 7.63. The van der Waals surface area contributed by atoms with Crippen LogP contribution in [0.3, 0.4) is 0 Å². The third-order valence-electron chi connectivity index (χ3n) is 3.58. The van der Waals surface area contributed by atoms with Gasteiger partial charge in [0.25, 0.3) is 0 Å². The molecule has 0 fully saturated rings.